The second kappa shape index (κ2) is 7.99. The van der Waals surface area contributed by atoms with Crippen molar-refractivity contribution in [2.45, 2.75) is 31.7 Å². The van der Waals surface area contributed by atoms with E-state index in [1.165, 1.54) is 12.8 Å². The molecule has 136 valence electrons. The number of carbonyl (C=O) groups excluding carboxylic acids is 1. The summed E-state index contributed by atoms with van der Waals surface area (Å²) in [6, 6.07) is 17.6. The molecule has 4 rings (SSSR count). The van der Waals surface area contributed by atoms with Gasteiger partial charge in [-0.1, -0.05) is 43.2 Å². The van der Waals surface area contributed by atoms with Crippen molar-refractivity contribution in [1.82, 2.24) is 15.3 Å². The lowest BCUT2D eigenvalue weighted by molar-refractivity contribution is 0.0938. The highest BCUT2D eigenvalue weighted by Crippen LogP contribution is 2.23. The van der Waals surface area contributed by atoms with Crippen LogP contribution in [0.3, 0.4) is 0 Å². The van der Waals surface area contributed by atoms with Crippen LogP contribution in [0, 0.1) is 0 Å². The molecule has 0 atom stereocenters. The van der Waals surface area contributed by atoms with Crippen LogP contribution in [-0.4, -0.2) is 21.9 Å². The Balaban J connectivity index is 1.47. The number of benzene rings is 2. The second-order valence-corrected chi connectivity index (χ2v) is 6.71. The molecule has 5 heteroatoms. The SMILES string of the molecule is O=C(NC1CCCC1)c1cccc(-c2cnc(Oc3ccccc3)nc2)c1. The molecule has 1 aliphatic rings. The number of amides is 1. The summed E-state index contributed by atoms with van der Waals surface area (Å²) in [4.78, 5) is 21.0. The molecular formula is C22H21N3O2. The molecule has 1 N–H and O–H groups in total. The topological polar surface area (TPSA) is 64.1 Å². The van der Waals surface area contributed by atoms with Crippen molar-refractivity contribution < 1.29 is 9.53 Å². The predicted octanol–water partition coefficient (Wildman–Crippen LogP) is 4.61. The van der Waals surface area contributed by atoms with Crippen LogP contribution in [0.15, 0.2) is 67.0 Å². The van der Waals surface area contributed by atoms with Gasteiger partial charge >= 0.3 is 6.01 Å². The van der Waals surface area contributed by atoms with Gasteiger partial charge in [-0.3, -0.25) is 4.79 Å². The zero-order valence-electron chi connectivity index (χ0n) is 15.0. The van der Waals surface area contributed by atoms with E-state index in [-0.39, 0.29) is 5.91 Å². The number of hydrogen-bond donors (Lipinski definition) is 1. The molecule has 0 saturated heterocycles. The molecule has 0 radical (unpaired) electrons. The highest BCUT2D eigenvalue weighted by atomic mass is 16.5. The third kappa shape index (κ3) is 4.31. The molecule has 3 aromatic rings. The van der Waals surface area contributed by atoms with E-state index in [1.807, 2.05) is 54.6 Å². The van der Waals surface area contributed by atoms with Crippen molar-refractivity contribution in [1.29, 1.82) is 0 Å². The van der Waals surface area contributed by atoms with Gasteiger partial charge in [-0.25, -0.2) is 9.97 Å². The minimum Gasteiger partial charge on any atom is -0.424 e. The lowest BCUT2D eigenvalue weighted by Crippen LogP contribution is -2.32. The Morgan fingerprint density at radius 3 is 2.41 bits per heavy atom. The number of para-hydroxylation sites is 1. The zero-order valence-corrected chi connectivity index (χ0v) is 15.0. The molecule has 5 nitrogen and oxygen atoms in total. The molecular weight excluding hydrogens is 338 g/mol. The summed E-state index contributed by atoms with van der Waals surface area (Å²) in [5, 5.41) is 3.12. The molecule has 0 spiro atoms. The van der Waals surface area contributed by atoms with Gasteiger partial charge in [0.25, 0.3) is 5.91 Å². The minimum atomic E-state index is -0.0197. The molecule has 0 aliphatic heterocycles. The fourth-order valence-electron chi connectivity index (χ4n) is 3.29. The average molecular weight is 359 g/mol. The van der Waals surface area contributed by atoms with Crippen LogP contribution in [0.25, 0.3) is 11.1 Å². The first-order valence-electron chi connectivity index (χ1n) is 9.24. The normalized spacial score (nSPS) is 14.1. The van der Waals surface area contributed by atoms with Gasteiger partial charge in [0.1, 0.15) is 5.75 Å². The quantitative estimate of drug-likeness (QED) is 0.723. The molecule has 2 aromatic carbocycles. The molecule has 0 unspecified atom stereocenters. The molecule has 1 fully saturated rings. The maximum absolute atomic E-state index is 12.5. The fourth-order valence-corrected chi connectivity index (χ4v) is 3.29. The Kier molecular flexibility index (Phi) is 5.10. The van der Waals surface area contributed by atoms with Crippen molar-refractivity contribution >= 4 is 5.91 Å². The van der Waals surface area contributed by atoms with E-state index >= 15 is 0 Å². The standard InChI is InChI=1S/C22H21N3O2/c26-21(25-19-9-4-5-10-19)17-8-6-7-16(13-17)18-14-23-22(24-15-18)27-20-11-2-1-3-12-20/h1-3,6-8,11-15,19H,4-5,9-10H2,(H,25,26). The van der Waals surface area contributed by atoms with Gasteiger partial charge in [-0.2, -0.15) is 0 Å². The third-order valence-corrected chi connectivity index (χ3v) is 4.73. The van der Waals surface area contributed by atoms with E-state index < -0.39 is 0 Å². The number of aromatic nitrogens is 2. The fraction of sp³-hybridized carbons (Fsp3) is 0.227. The van der Waals surface area contributed by atoms with Gasteiger partial charge in [0.2, 0.25) is 0 Å². The van der Waals surface area contributed by atoms with E-state index in [2.05, 4.69) is 15.3 Å². The number of nitrogens with zero attached hydrogens (tertiary/aromatic N) is 2. The van der Waals surface area contributed by atoms with Gasteiger partial charge in [-0.15, -0.1) is 0 Å². The van der Waals surface area contributed by atoms with Crippen molar-refractivity contribution in [2.24, 2.45) is 0 Å². The minimum absolute atomic E-state index is 0.0197. The zero-order chi connectivity index (χ0) is 18.5. The van der Waals surface area contributed by atoms with Gasteiger partial charge in [0.15, 0.2) is 0 Å². The molecule has 0 bridgehead atoms. The number of hydrogen-bond acceptors (Lipinski definition) is 4. The third-order valence-electron chi connectivity index (χ3n) is 4.73. The summed E-state index contributed by atoms with van der Waals surface area (Å²) in [5.41, 5.74) is 2.40. The van der Waals surface area contributed by atoms with Gasteiger partial charge in [0, 0.05) is 29.6 Å². The average Bonchev–Trinajstić information content (AvgIpc) is 3.22. The first-order valence-corrected chi connectivity index (χ1v) is 9.24. The van der Waals surface area contributed by atoms with E-state index in [1.54, 1.807) is 12.4 Å². The molecule has 1 aliphatic carbocycles. The van der Waals surface area contributed by atoms with Gasteiger partial charge in [-0.05, 0) is 42.7 Å². The van der Waals surface area contributed by atoms with E-state index in [0.717, 1.165) is 24.0 Å². The number of carbonyl (C=O) groups is 1. The summed E-state index contributed by atoms with van der Waals surface area (Å²) in [5.74, 6) is 0.671. The first kappa shape index (κ1) is 17.2. The summed E-state index contributed by atoms with van der Waals surface area (Å²) in [6.45, 7) is 0. The lowest BCUT2D eigenvalue weighted by Gasteiger charge is -2.12. The number of nitrogens with one attached hydrogen (secondary N) is 1. The molecule has 1 saturated carbocycles. The second-order valence-electron chi connectivity index (χ2n) is 6.71. The Labute approximate surface area is 158 Å². The molecule has 27 heavy (non-hydrogen) atoms. The smallest absolute Gasteiger partial charge is 0.321 e. The van der Waals surface area contributed by atoms with Crippen LogP contribution >= 0.6 is 0 Å². The van der Waals surface area contributed by atoms with Gasteiger partial charge < -0.3 is 10.1 Å². The summed E-state index contributed by atoms with van der Waals surface area (Å²) >= 11 is 0. The molecule has 1 heterocycles. The van der Waals surface area contributed by atoms with Crippen LogP contribution in [-0.2, 0) is 0 Å². The van der Waals surface area contributed by atoms with E-state index in [0.29, 0.717) is 23.4 Å². The summed E-state index contributed by atoms with van der Waals surface area (Å²) < 4.78 is 5.62. The van der Waals surface area contributed by atoms with Crippen LogP contribution < -0.4 is 10.1 Å². The van der Waals surface area contributed by atoms with E-state index in [9.17, 15) is 4.79 Å². The lowest BCUT2D eigenvalue weighted by atomic mass is 10.1. The summed E-state index contributed by atoms with van der Waals surface area (Å²) in [6.07, 6.45) is 7.95. The highest BCUT2D eigenvalue weighted by Gasteiger charge is 2.18. The van der Waals surface area contributed by atoms with Crippen molar-refractivity contribution in [3.05, 3.63) is 72.6 Å². The Bertz CT molecular complexity index is 904. The van der Waals surface area contributed by atoms with Crippen molar-refractivity contribution in [2.75, 3.05) is 0 Å². The number of rotatable bonds is 5. The van der Waals surface area contributed by atoms with Crippen LogP contribution in [0.1, 0.15) is 36.0 Å². The highest BCUT2D eigenvalue weighted by molar-refractivity contribution is 5.95. The Hall–Kier alpha value is -3.21. The van der Waals surface area contributed by atoms with Gasteiger partial charge in [0.05, 0.1) is 0 Å². The first-order chi connectivity index (χ1) is 13.3. The maximum atomic E-state index is 12.5. The monoisotopic (exact) mass is 359 g/mol. The molecule has 1 aromatic heterocycles. The summed E-state index contributed by atoms with van der Waals surface area (Å²) in [7, 11) is 0. The van der Waals surface area contributed by atoms with Crippen LogP contribution in [0.2, 0.25) is 0 Å². The maximum Gasteiger partial charge on any atom is 0.321 e. The largest absolute Gasteiger partial charge is 0.424 e. The van der Waals surface area contributed by atoms with Crippen molar-refractivity contribution in [3.8, 4) is 22.9 Å². The van der Waals surface area contributed by atoms with Crippen LogP contribution in [0.5, 0.6) is 11.8 Å². The van der Waals surface area contributed by atoms with E-state index in [4.69, 9.17) is 4.74 Å². The van der Waals surface area contributed by atoms with Crippen molar-refractivity contribution in [3.63, 3.8) is 0 Å². The number of ether oxygens (including phenoxy) is 1. The molecule has 1 amide bonds. The predicted molar refractivity (Wildman–Crippen MR) is 104 cm³/mol. The Morgan fingerprint density at radius 1 is 0.926 bits per heavy atom. The Morgan fingerprint density at radius 2 is 1.67 bits per heavy atom. The van der Waals surface area contributed by atoms with Crippen LogP contribution in [0.4, 0.5) is 0 Å².